The summed E-state index contributed by atoms with van der Waals surface area (Å²) in [5, 5.41) is 13.0. The van der Waals surface area contributed by atoms with Gasteiger partial charge in [-0.2, -0.15) is 5.26 Å². The Labute approximate surface area is 134 Å². The van der Waals surface area contributed by atoms with E-state index in [0.717, 1.165) is 24.8 Å². The number of carbonyl (C=O) groups excluding carboxylic acids is 1. The first-order valence-electron chi connectivity index (χ1n) is 7.56. The minimum absolute atomic E-state index is 0.147. The third-order valence-electron chi connectivity index (χ3n) is 4.10. The van der Waals surface area contributed by atoms with Gasteiger partial charge < -0.3 is 5.32 Å². The normalized spacial score (nSPS) is 13.0. The van der Waals surface area contributed by atoms with Crippen molar-refractivity contribution in [3.63, 3.8) is 0 Å². The van der Waals surface area contributed by atoms with Gasteiger partial charge in [0.05, 0.1) is 5.56 Å². The molecular weight excluding hydrogens is 292 g/mol. The molecule has 1 amide bonds. The highest BCUT2D eigenvalue weighted by Gasteiger charge is 2.23. The molecule has 1 aliphatic carbocycles. The number of amides is 1. The molecule has 2 aromatic rings. The highest BCUT2D eigenvalue weighted by atomic mass is 32.1. The Morgan fingerprint density at radius 1 is 1.27 bits per heavy atom. The molecule has 0 fully saturated rings. The molecule has 0 unspecified atom stereocenters. The van der Waals surface area contributed by atoms with E-state index in [1.807, 2.05) is 24.3 Å². The first-order valence-corrected chi connectivity index (χ1v) is 8.37. The molecule has 1 aromatic heterocycles. The highest BCUT2D eigenvalue weighted by Crippen LogP contribution is 2.38. The highest BCUT2D eigenvalue weighted by molar-refractivity contribution is 7.16. The van der Waals surface area contributed by atoms with E-state index >= 15 is 0 Å². The van der Waals surface area contributed by atoms with Crippen LogP contribution in [0, 0.1) is 11.3 Å². The van der Waals surface area contributed by atoms with Crippen LogP contribution in [0.2, 0.25) is 0 Å². The second-order valence-electron chi connectivity index (χ2n) is 5.90. The molecule has 1 aromatic carbocycles. The van der Waals surface area contributed by atoms with Crippen molar-refractivity contribution in [3.05, 3.63) is 51.4 Å². The van der Waals surface area contributed by atoms with Gasteiger partial charge in [-0.1, -0.05) is 26.0 Å². The van der Waals surface area contributed by atoms with Gasteiger partial charge >= 0.3 is 0 Å². The summed E-state index contributed by atoms with van der Waals surface area (Å²) in [7, 11) is 0. The summed E-state index contributed by atoms with van der Waals surface area (Å²) >= 11 is 1.55. The summed E-state index contributed by atoms with van der Waals surface area (Å²) in [4.78, 5) is 13.6. The molecule has 0 radical (unpaired) electrons. The molecule has 1 aliphatic rings. The van der Waals surface area contributed by atoms with Gasteiger partial charge in [0.25, 0.3) is 5.91 Å². The standard InChI is InChI=1S/C18H18N2OS/c1-11(2)12-6-8-13(9-7-12)17(21)20-18-15(10-19)14-4-3-5-16(14)22-18/h6-9,11H,3-5H2,1-2H3,(H,20,21). The fourth-order valence-corrected chi connectivity index (χ4v) is 4.04. The zero-order valence-corrected chi connectivity index (χ0v) is 13.6. The number of nitrogens with one attached hydrogen (secondary N) is 1. The van der Waals surface area contributed by atoms with Crippen molar-refractivity contribution in [1.29, 1.82) is 5.26 Å². The largest absolute Gasteiger partial charge is 0.312 e. The Morgan fingerprint density at radius 3 is 2.64 bits per heavy atom. The molecule has 0 saturated heterocycles. The van der Waals surface area contributed by atoms with Crippen LogP contribution in [-0.2, 0) is 12.8 Å². The van der Waals surface area contributed by atoms with Crippen LogP contribution in [0.15, 0.2) is 24.3 Å². The first-order chi connectivity index (χ1) is 10.6. The lowest BCUT2D eigenvalue weighted by atomic mass is 10.0. The lowest BCUT2D eigenvalue weighted by Crippen LogP contribution is -2.12. The van der Waals surface area contributed by atoms with E-state index in [0.29, 0.717) is 22.0 Å². The number of nitriles is 1. The molecule has 112 valence electrons. The maximum absolute atomic E-state index is 12.4. The monoisotopic (exact) mass is 310 g/mol. The first kappa shape index (κ1) is 14.8. The molecule has 3 nitrogen and oxygen atoms in total. The number of anilines is 1. The van der Waals surface area contributed by atoms with Crippen molar-refractivity contribution < 1.29 is 4.79 Å². The molecule has 1 N–H and O–H groups in total. The lowest BCUT2D eigenvalue weighted by Gasteiger charge is -2.07. The van der Waals surface area contributed by atoms with Crippen molar-refractivity contribution in [2.75, 3.05) is 5.32 Å². The number of nitrogens with zero attached hydrogens (tertiary/aromatic N) is 1. The Hall–Kier alpha value is -2.12. The van der Waals surface area contributed by atoms with Gasteiger partial charge in [0.2, 0.25) is 0 Å². The van der Waals surface area contributed by atoms with Crippen LogP contribution >= 0.6 is 11.3 Å². The van der Waals surface area contributed by atoms with E-state index in [9.17, 15) is 10.1 Å². The Bertz CT molecular complexity index is 751. The van der Waals surface area contributed by atoms with E-state index < -0.39 is 0 Å². The van der Waals surface area contributed by atoms with Gasteiger partial charge in [-0.15, -0.1) is 11.3 Å². The van der Waals surface area contributed by atoms with Crippen LogP contribution in [0.4, 0.5) is 5.00 Å². The molecule has 0 saturated carbocycles. The number of benzene rings is 1. The van der Waals surface area contributed by atoms with Crippen LogP contribution in [0.1, 0.15) is 58.1 Å². The maximum Gasteiger partial charge on any atom is 0.256 e. The zero-order chi connectivity index (χ0) is 15.7. The molecule has 0 aliphatic heterocycles. The summed E-state index contributed by atoms with van der Waals surface area (Å²) in [5.74, 6) is 0.300. The van der Waals surface area contributed by atoms with Crippen LogP contribution < -0.4 is 5.32 Å². The van der Waals surface area contributed by atoms with Gasteiger partial charge in [0.1, 0.15) is 11.1 Å². The minimum Gasteiger partial charge on any atom is -0.312 e. The van der Waals surface area contributed by atoms with Crippen LogP contribution in [0.3, 0.4) is 0 Å². The van der Waals surface area contributed by atoms with Crippen molar-refractivity contribution in [2.24, 2.45) is 0 Å². The smallest absolute Gasteiger partial charge is 0.256 e. The summed E-state index contributed by atoms with van der Waals surface area (Å²) in [6, 6.07) is 9.91. The number of hydrogen-bond acceptors (Lipinski definition) is 3. The van der Waals surface area contributed by atoms with Crippen molar-refractivity contribution in [2.45, 2.75) is 39.0 Å². The average molecular weight is 310 g/mol. The number of carbonyl (C=O) groups is 1. The van der Waals surface area contributed by atoms with E-state index in [-0.39, 0.29) is 5.91 Å². The molecule has 4 heteroatoms. The van der Waals surface area contributed by atoms with Crippen molar-refractivity contribution >= 4 is 22.2 Å². The minimum atomic E-state index is -0.147. The predicted molar refractivity (Wildman–Crippen MR) is 89.5 cm³/mol. The molecule has 0 bridgehead atoms. The molecule has 3 rings (SSSR count). The summed E-state index contributed by atoms with van der Waals surface area (Å²) in [5.41, 5.74) is 3.63. The SMILES string of the molecule is CC(C)c1ccc(C(=O)Nc2sc3c(c2C#N)CCC3)cc1. The van der Waals surface area contributed by atoms with E-state index in [1.165, 1.54) is 10.4 Å². The number of aryl methyl sites for hydroxylation is 1. The van der Waals surface area contributed by atoms with E-state index in [2.05, 4.69) is 25.2 Å². The van der Waals surface area contributed by atoms with Crippen LogP contribution in [0.25, 0.3) is 0 Å². The Kier molecular flexibility index (Phi) is 4.00. The third-order valence-corrected chi connectivity index (χ3v) is 5.31. The zero-order valence-electron chi connectivity index (χ0n) is 12.8. The maximum atomic E-state index is 12.4. The fourth-order valence-electron chi connectivity index (χ4n) is 2.81. The summed E-state index contributed by atoms with van der Waals surface area (Å²) in [6.45, 7) is 4.25. The second-order valence-corrected chi connectivity index (χ2v) is 7.01. The van der Waals surface area contributed by atoms with Gasteiger partial charge in [-0.25, -0.2) is 0 Å². The van der Waals surface area contributed by atoms with Gasteiger partial charge in [-0.3, -0.25) is 4.79 Å². The number of fused-ring (bicyclic) bond motifs is 1. The number of rotatable bonds is 3. The summed E-state index contributed by atoms with van der Waals surface area (Å²) in [6.07, 6.45) is 3.09. The number of hydrogen-bond donors (Lipinski definition) is 1. The van der Waals surface area contributed by atoms with Crippen molar-refractivity contribution in [1.82, 2.24) is 0 Å². The lowest BCUT2D eigenvalue weighted by molar-refractivity contribution is 0.102. The molecule has 22 heavy (non-hydrogen) atoms. The predicted octanol–water partition coefficient (Wildman–Crippen LogP) is 4.48. The molecular formula is C18H18N2OS. The number of thiophene rings is 1. The van der Waals surface area contributed by atoms with Gasteiger partial charge in [0, 0.05) is 10.4 Å². The average Bonchev–Trinajstić information content (AvgIpc) is 3.07. The van der Waals surface area contributed by atoms with Crippen LogP contribution in [0.5, 0.6) is 0 Å². The van der Waals surface area contributed by atoms with Gasteiger partial charge in [-0.05, 0) is 48.4 Å². The van der Waals surface area contributed by atoms with E-state index in [4.69, 9.17) is 0 Å². The topological polar surface area (TPSA) is 52.9 Å². The third kappa shape index (κ3) is 2.65. The summed E-state index contributed by atoms with van der Waals surface area (Å²) < 4.78 is 0. The molecule has 0 atom stereocenters. The second kappa shape index (κ2) is 5.94. The molecule has 0 spiro atoms. The van der Waals surface area contributed by atoms with Crippen molar-refractivity contribution in [3.8, 4) is 6.07 Å². The Balaban J connectivity index is 1.82. The van der Waals surface area contributed by atoms with Gasteiger partial charge in [0.15, 0.2) is 0 Å². The molecule has 1 heterocycles. The fraction of sp³-hybridized carbons (Fsp3) is 0.333. The van der Waals surface area contributed by atoms with Crippen LogP contribution in [-0.4, -0.2) is 5.91 Å². The Morgan fingerprint density at radius 2 is 2.00 bits per heavy atom. The van der Waals surface area contributed by atoms with E-state index in [1.54, 1.807) is 11.3 Å². The quantitative estimate of drug-likeness (QED) is 0.908.